The molecule has 0 saturated carbocycles. The van der Waals surface area contributed by atoms with E-state index in [1.165, 1.54) is 6.42 Å². The number of rotatable bonds is 5. The number of likely N-dealkylation sites (tertiary alicyclic amines) is 1. The van der Waals surface area contributed by atoms with E-state index in [0.717, 1.165) is 31.7 Å². The van der Waals surface area contributed by atoms with Gasteiger partial charge in [-0.05, 0) is 56.7 Å². The Balaban J connectivity index is 1.62. The molecule has 1 fully saturated rings. The van der Waals surface area contributed by atoms with Crippen LogP contribution in [0.15, 0.2) is 28.8 Å². The summed E-state index contributed by atoms with van der Waals surface area (Å²) in [6.07, 6.45) is 1.22. The molecule has 1 aromatic carbocycles. The molecule has 3 rings (SSSR count). The SMILES string of the molecule is CNCC1CCN(Cc2nc(-c3ccc(Cl)cc3)no2)C1. The smallest absolute Gasteiger partial charge is 0.241 e. The maximum Gasteiger partial charge on any atom is 0.241 e. The van der Waals surface area contributed by atoms with E-state index in [1.807, 2.05) is 31.3 Å². The van der Waals surface area contributed by atoms with E-state index in [1.54, 1.807) is 0 Å². The summed E-state index contributed by atoms with van der Waals surface area (Å²) >= 11 is 5.88. The van der Waals surface area contributed by atoms with Crippen molar-refractivity contribution in [3.05, 3.63) is 35.2 Å². The summed E-state index contributed by atoms with van der Waals surface area (Å²) in [4.78, 5) is 6.83. The topological polar surface area (TPSA) is 54.2 Å². The molecular formula is C15H19ClN4O. The van der Waals surface area contributed by atoms with Crippen LogP contribution in [0.25, 0.3) is 11.4 Å². The first-order valence-corrected chi connectivity index (χ1v) is 7.58. The molecule has 1 aliphatic heterocycles. The van der Waals surface area contributed by atoms with Crippen LogP contribution >= 0.6 is 11.6 Å². The number of hydrogen-bond acceptors (Lipinski definition) is 5. The highest BCUT2D eigenvalue weighted by Gasteiger charge is 2.23. The van der Waals surface area contributed by atoms with Crippen LogP contribution in [0, 0.1) is 5.92 Å². The minimum absolute atomic E-state index is 0.618. The van der Waals surface area contributed by atoms with Crippen molar-refractivity contribution in [2.75, 3.05) is 26.7 Å². The van der Waals surface area contributed by atoms with Gasteiger partial charge in [-0.25, -0.2) is 0 Å². The van der Waals surface area contributed by atoms with E-state index < -0.39 is 0 Å². The average molecular weight is 307 g/mol. The lowest BCUT2D eigenvalue weighted by molar-refractivity contribution is 0.260. The summed E-state index contributed by atoms with van der Waals surface area (Å²) < 4.78 is 5.36. The highest BCUT2D eigenvalue weighted by Crippen LogP contribution is 2.21. The minimum Gasteiger partial charge on any atom is -0.338 e. The Labute approximate surface area is 129 Å². The molecule has 0 radical (unpaired) electrons. The van der Waals surface area contributed by atoms with Crippen molar-refractivity contribution in [1.29, 1.82) is 0 Å². The second kappa shape index (κ2) is 6.56. The zero-order valence-corrected chi connectivity index (χ0v) is 12.8. The summed E-state index contributed by atoms with van der Waals surface area (Å²) in [6.45, 7) is 3.96. The van der Waals surface area contributed by atoms with Gasteiger partial charge in [0.2, 0.25) is 11.7 Å². The monoisotopic (exact) mass is 306 g/mol. The first-order chi connectivity index (χ1) is 10.2. The molecule has 1 saturated heterocycles. The zero-order valence-electron chi connectivity index (χ0n) is 12.1. The van der Waals surface area contributed by atoms with E-state index in [2.05, 4.69) is 20.4 Å². The quantitative estimate of drug-likeness (QED) is 0.919. The maximum atomic E-state index is 5.88. The fourth-order valence-electron chi connectivity index (χ4n) is 2.74. The summed E-state index contributed by atoms with van der Waals surface area (Å²) in [5.41, 5.74) is 0.920. The molecule has 0 aliphatic carbocycles. The van der Waals surface area contributed by atoms with Crippen molar-refractivity contribution >= 4 is 11.6 Å². The number of aromatic nitrogens is 2. The van der Waals surface area contributed by atoms with Gasteiger partial charge in [0.05, 0.1) is 6.54 Å². The van der Waals surface area contributed by atoms with Crippen LogP contribution in [0.2, 0.25) is 5.02 Å². The number of benzene rings is 1. The number of hydrogen-bond donors (Lipinski definition) is 1. The van der Waals surface area contributed by atoms with Crippen molar-refractivity contribution in [3.8, 4) is 11.4 Å². The Morgan fingerprint density at radius 2 is 2.19 bits per heavy atom. The zero-order chi connectivity index (χ0) is 14.7. The fraction of sp³-hybridized carbons (Fsp3) is 0.467. The van der Waals surface area contributed by atoms with E-state index in [9.17, 15) is 0 Å². The second-order valence-electron chi connectivity index (χ2n) is 5.47. The summed E-state index contributed by atoms with van der Waals surface area (Å²) in [7, 11) is 2.00. The average Bonchev–Trinajstić information content (AvgIpc) is 3.11. The molecule has 1 aromatic heterocycles. The van der Waals surface area contributed by atoms with Crippen LogP contribution < -0.4 is 5.32 Å². The number of nitrogens with one attached hydrogen (secondary N) is 1. The molecule has 1 atom stereocenters. The Morgan fingerprint density at radius 3 is 2.95 bits per heavy atom. The third kappa shape index (κ3) is 3.61. The molecule has 5 nitrogen and oxygen atoms in total. The molecule has 6 heteroatoms. The lowest BCUT2D eigenvalue weighted by Crippen LogP contribution is -2.24. The van der Waals surface area contributed by atoms with Crippen molar-refractivity contribution < 1.29 is 4.52 Å². The van der Waals surface area contributed by atoms with Gasteiger partial charge in [-0.3, -0.25) is 4.90 Å². The maximum absolute atomic E-state index is 5.88. The van der Waals surface area contributed by atoms with Crippen molar-refractivity contribution in [2.45, 2.75) is 13.0 Å². The van der Waals surface area contributed by atoms with Crippen LogP contribution in [-0.4, -0.2) is 41.7 Å². The Hall–Kier alpha value is -1.43. The molecule has 2 heterocycles. The van der Waals surface area contributed by atoms with Crippen molar-refractivity contribution in [2.24, 2.45) is 5.92 Å². The van der Waals surface area contributed by atoms with Crippen molar-refractivity contribution in [3.63, 3.8) is 0 Å². The summed E-state index contributed by atoms with van der Waals surface area (Å²) in [5, 5.41) is 7.98. The predicted octanol–water partition coefficient (Wildman–Crippen LogP) is 2.43. The first-order valence-electron chi connectivity index (χ1n) is 7.20. The van der Waals surface area contributed by atoms with Gasteiger partial charge in [-0.15, -0.1) is 0 Å². The minimum atomic E-state index is 0.618. The van der Waals surface area contributed by atoms with Gasteiger partial charge in [0.1, 0.15) is 0 Å². The summed E-state index contributed by atoms with van der Waals surface area (Å²) in [5.74, 6) is 2.01. The lowest BCUT2D eigenvalue weighted by atomic mass is 10.1. The van der Waals surface area contributed by atoms with E-state index in [4.69, 9.17) is 16.1 Å². The van der Waals surface area contributed by atoms with Crippen LogP contribution in [0.1, 0.15) is 12.3 Å². The van der Waals surface area contributed by atoms with Gasteiger partial charge in [0, 0.05) is 17.1 Å². The molecule has 1 N–H and O–H groups in total. The van der Waals surface area contributed by atoms with Crippen LogP contribution in [0.5, 0.6) is 0 Å². The Morgan fingerprint density at radius 1 is 1.38 bits per heavy atom. The van der Waals surface area contributed by atoms with E-state index in [0.29, 0.717) is 22.7 Å². The molecule has 21 heavy (non-hydrogen) atoms. The summed E-state index contributed by atoms with van der Waals surface area (Å²) in [6, 6.07) is 7.46. The van der Waals surface area contributed by atoms with Crippen molar-refractivity contribution in [1.82, 2.24) is 20.4 Å². The normalized spacial score (nSPS) is 19.2. The van der Waals surface area contributed by atoms with Gasteiger partial charge in [0.25, 0.3) is 0 Å². The largest absolute Gasteiger partial charge is 0.338 e. The first kappa shape index (κ1) is 14.5. The highest BCUT2D eigenvalue weighted by atomic mass is 35.5. The third-order valence-corrected chi connectivity index (χ3v) is 4.04. The number of halogens is 1. The van der Waals surface area contributed by atoms with Crippen LogP contribution in [0.4, 0.5) is 0 Å². The standard InChI is InChI=1S/C15H19ClN4O/c1-17-8-11-6-7-20(9-11)10-14-18-15(19-21-14)12-2-4-13(16)5-3-12/h2-5,11,17H,6-10H2,1H3. The Bertz CT molecular complexity index is 584. The van der Waals surface area contributed by atoms with E-state index >= 15 is 0 Å². The molecule has 2 aromatic rings. The fourth-order valence-corrected chi connectivity index (χ4v) is 2.86. The highest BCUT2D eigenvalue weighted by molar-refractivity contribution is 6.30. The molecule has 1 aliphatic rings. The lowest BCUT2D eigenvalue weighted by Gasteiger charge is -2.12. The van der Waals surface area contributed by atoms with Gasteiger partial charge >= 0.3 is 0 Å². The van der Waals surface area contributed by atoms with Gasteiger partial charge in [-0.1, -0.05) is 16.8 Å². The molecule has 0 amide bonds. The van der Waals surface area contributed by atoms with Crippen LogP contribution in [-0.2, 0) is 6.54 Å². The molecule has 112 valence electrons. The van der Waals surface area contributed by atoms with Gasteiger partial charge in [-0.2, -0.15) is 4.98 Å². The van der Waals surface area contributed by atoms with Gasteiger partial charge in [0.15, 0.2) is 0 Å². The molecule has 0 bridgehead atoms. The molecule has 1 unspecified atom stereocenters. The second-order valence-corrected chi connectivity index (χ2v) is 5.90. The third-order valence-electron chi connectivity index (χ3n) is 3.79. The molecule has 0 spiro atoms. The molecular weight excluding hydrogens is 288 g/mol. The van der Waals surface area contributed by atoms with Gasteiger partial charge < -0.3 is 9.84 Å². The van der Waals surface area contributed by atoms with Crippen LogP contribution in [0.3, 0.4) is 0 Å². The predicted molar refractivity (Wildman–Crippen MR) is 82.1 cm³/mol. The van der Waals surface area contributed by atoms with E-state index in [-0.39, 0.29) is 0 Å². The Kier molecular flexibility index (Phi) is 4.53. The number of nitrogens with zero attached hydrogens (tertiary/aromatic N) is 3.